The van der Waals surface area contributed by atoms with Crippen LogP contribution >= 0.6 is 0 Å². The lowest BCUT2D eigenvalue weighted by Gasteiger charge is -2.23. The molecule has 1 aromatic rings. The summed E-state index contributed by atoms with van der Waals surface area (Å²) >= 11 is 0. The molecule has 0 aliphatic carbocycles. The van der Waals surface area contributed by atoms with E-state index in [2.05, 4.69) is 15.6 Å². The predicted octanol–water partition coefficient (Wildman–Crippen LogP) is 3.74. The average molecular weight is 431 g/mol. The van der Waals surface area contributed by atoms with Crippen LogP contribution in [-0.2, 0) is 0 Å². The van der Waals surface area contributed by atoms with Gasteiger partial charge in [0.15, 0.2) is 17.5 Å². The van der Waals surface area contributed by atoms with E-state index in [0.29, 0.717) is 56.7 Å². The van der Waals surface area contributed by atoms with Gasteiger partial charge >= 0.3 is 6.18 Å². The van der Waals surface area contributed by atoms with Gasteiger partial charge in [-0.25, -0.2) is 0 Å². The summed E-state index contributed by atoms with van der Waals surface area (Å²) in [5, 5.41) is 6.63. The quantitative estimate of drug-likeness (QED) is 0.462. The van der Waals surface area contributed by atoms with Crippen LogP contribution < -0.4 is 20.1 Å². The third-order valence-corrected chi connectivity index (χ3v) is 4.75. The minimum Gasteiger partial charge on any atom is -0.490 e. The van der Waals surface area contributed by atoms with Gasteiger partial charge in [0, 0.05) is 25.7 Å². The number of ether oxygens (including phenoxy) is 2. The Labute approximate surface area is 176 Å². The van der Waals surface area contributed by atoms with Crippen LogP contribution in [0.2, 0.25) is 0 Å². The summed E-state index contributed by atoms with van der Waals surface area (Å²) in [5.41, 5.74) is 0.998. The van der Waals surface area contributed by atoms with Gasteiger partial charge in [0.25, 0.3) is 0 Å². The maximum absolute atomic E-state index is 12.6. The first kappa shape index (κ1) is 24.1. The van der Waals surface area contributed by atoms with Crippen molar-refractivity contribution in [2.45, 2.75) is 52.4 Å². The van der Waals surface area contributed by atoms with Gasteiger partial charge in [-0.1, -0.05) is 6.07 Å². The molecule has 30 heavy (non-hydrogen) atoms. The first-order valence-corrected chi connectivity index (χ1v) is 10.5. The second-order valence-electron chi connectivity index (χ2n) is 7.24. The van der Waals surface area contributed by atoms with Crippen LogP contribution in [0.15, 0.2) is 23.2 Å². The highest BCUT2D eigenvalue weighted by atomic mass is 19.4. The molecule has 1 heterocycles. The molecule has 2 rings (SSSR count). The Kier molecular flexibility index (Phi) is 9.08. The lowest BCUT2D eigenvalue weighted by Crippen LogP contribution is -2.46. The summed E-state index contributed by atoms with van der Waals surface area (Å²) in [6.07, 6.45) is -3.53. The minimum absolute atomic E-state index is 0.0725. The zero-order valence-corrected chi connectivity index (χ0v) is 18.2. The Morgan fingerprint density at radius 3 is 2.53 bits per heavy atom. The number of nitrogens with zero attached hydrogens (tertiary/aromatic N) is 2. The molecule has 0 spiro atoms. The SMILES string of the molecule is CCN=C(NC1CCN(CC(F)(F)F)C1)NC(C)c1ccc(OCC)c(OCC)c1. The van der Waals surface area contributed by atoms with Crippen molar-refractivity contribution in [3.8, 4) is 11.5 Å². The second-order valence-corrected chi connectivity index (χ2v) is 7.24. The summed E-state index contributed by atoms with van der Waals surface area (Å²) in [6.45, 7) is 9.30. The number of nitrogens with one attached hydrogen (secondary N) is 2. The van der Waals surface area contributed by atoms with Gasteiger partial charge in [0.05, 0.1) is 25.8 Å². The van der Waals surface area contributed by atoms with Crippen molar-refractivity contribution in [3.63, 3.8) is 0 Å². The molecule has 2 N–H and O–H groups in total. The van der Waals surface area contributed by atoms with E-state index in [9.17, 15) is 13.2 Å². The number of guanidine groups is 1. The molecule has 9 heteroatoms. The van der Waals surface area contributed by atoms with Crippen LogP contribution in [0.1, 0.15) is 45.7 Å². The summed E-state index contributed by atoms with van der Waals surface area (Å²) in [6, 6.07) is 5.64. The first-order valence-electron chi connectivity index (χ1n) is 10.5. The number of benzene rings is 1. The number of likely N-dealkylation sites (tertiary alicyclic amines) is 1. The highest BCUT2D eigenvalue weighted by Gasteiger charge is 2.34. The maximum atomic E-state index is 12.6. The van der Waals surface area contributed by atoms with E-state index in [0.717, 1.165) is 5.56 Å². The third-order valence-electron chi connectivity index (χ3n) is 4.75. The number of halogens is 3. The van der Waals surface area contributed by atoms with E-state index in [1.807, 2.05) is 45.9 Å². The molecule has 2 unspecified atom stereocenters. The number of hydrogen-bond acceptors (Lipinski definition) is 4. The number of alkyl halides is 3. The van der Waals surface area contributed by atoms with Gasteiger partial charge in [-0.15, -0.1) is 0 Å². The molecular weight excluding hydrogens is 397 g/mol. The van der Waals surface area contributed by atoms with Crippen LogP contribution in [0.5, 0.6) is 11.5 Å². The summed E-state index contributed by atoms with van der Waals surface area (Å²) in [7, 11) is 0. The van der Waals surface area contributed by atoms with E-state index >= 15 is 0 Å². The van der Waals surface area contributed by atoms with Gasteiger partial charge in [-0.2, -0.15) is 13.2 Å². The molecule has 1 aromatic carbocycles. The minimum atomic E-state index is -4.17. The fourth-order valence-electron chi connectivity index (χ4n) is 3.46. The molecule has 1 fully saturated rings. The van der Waals surface area contributed by atoms with Gasteiger partial charge in [-0.3, -0.25) is 9.89 Å². The monoisotopic (exact) mass is 430 g/mol. The van der Waals surface area contributed by atoms with Crippen LogP contribution in [0.4, 0.5) is 13.2 Å². The van der Waals surface area contributed by atoms with Crippen molar-refractivity contribution in [1.82, 2.24) is 15.5 Å². The van der Waals surface area contributed by atoms with E-state index in [1.165, 1.54) is 4.90 Å². The molecule has 1 aliphatic rings. The Balaban J connectivity index is 2.01. The van der Waals surface area contributed by atoms with Crippen LogP contribution in [-0.4, -0.2) is 62.5 Å². The van der Waals surface area contributed by atoms with Gasteiger partial charge < -0.3 is 20.1 Å². The molecule has 0 radical (unpaired) electrons. The van der Waals surface area contributed by atoms with Crippen LogP contribution in [0.25, 0.3) is 0 Å². The molecule has 1 aliphatic heterocycles. The Morgan fingerprint density at radius 2 is 1.90 bits per heavy atom. The summed E-state index contributed by atoms with van der Waals surface area (Å²) in [5.74, 6) is 1.98. The largest absolute Gasteiger partial charge is 0.490 e. The Hall–Kier alpha value is -2.16. The van der Waals surface area contributed by atoms with Crippen LogP contribution in [0, 0.1) is 0 Å². The van der Waals surface area contributed by atoms with Crippen molar-refractivity contribution >= 4 is 5.96 Å². The summed E-state index contributed by atoms with van der Waals surface area (Å²) < 4.78 is 49.2. The smallest absolute Gasteiger partial charge is 0.401 e. The first-order chi connectivity index (χ1) is 14.3. The predicted molar refractivity (Wildman–Crippen MR) is 112 cm³/mol. The second kappa shape index (κ2) is 11.3. The molecule has 0 amide bonds. The zero-order valence-electron chi connectivity index (χ0n) is 18.2. The standard InChI is InChI=1S/C21H33F3N4O2/c1-5-25-20(27-17-10-11-28(13-17)14-21(22,23)24)26-15(4)16-8-9-18(29-6-2)19(12-16)30-7-3/h8-9,12,15,17H,5-7,10-11,13-14H2,1-4H3,(H2,25,26,27). The molecular formula is C21H33F3N4O2. The van der Waals surface area contributed by atoms with Crippen molar-refractivity contribution < 1.29 is 22.6 Å². The van der Waals surface area contributed by atoms with E-state index in [-0.39, 0.29) is 12.1 Å². The number of rotatable bonds is 9. The van der Waals surface area contributed by atoms with Crippen molar-refractivity contribution in [1.29, 1.82) is 0 Å². The Morgan fingerprint density at radius 1 is 1.20 bits per heavy atom. The fourth-order valence-corrected chi connectivity index (χ4v) is 3.46. The fraction of sp³-hybridized carbons (Fsp3) is 0.667. The highest BCUT2D eigenvalue weighted by Crippen LogP contribution is 2.30. The molecule has 0 saturated carbocycles. The molecule has 6 nitrogen and oxygen atoms in total. The summed E-state index contributed by atoms with van der Waals surface area (Å²) in [4.78, 5) is 5.88. The van der Waals surface area contributed by atoms with E-state index in [4.69, 9.17) is 9.47 Å². The van der Waals surface area contributed by atoms with E-state index in [1.54, 1.807) is 0 Å². The lowest BCUT2D eigenvalue weighted by atomic mass is 10.1. The van der Waals surface area contributed by atoms with E-state index < -0.39 is 12.7 Å². The lowest BCUT2D eigenvalue weighted by molar-refractivity contribution is -0.143. The molecule has 0 bridgehead atoms. The normalized spacial score (nSPS) is 18.9. The number of aliphatic imine (C=N–C) groups is 1. The van der Waals surface area contributed by atoms with Gasteiger partial charge in [0.2, 0.25) is 0 Å². The van der Waals surface area contributed by atoms with Crippen molar-refractivity contribution in [3.05, 3.63) is 23.8 Å². The zero-order chi connectivity index (χ0) is 22.1. The highest BCUT2D eigenvalue weighted by molar-refractivity contribution is 5.80. The molecule has 1 saturated heterocycles. The van der Waals surface area contributed by atoms with Gasteiger partial charge in [-0.05, 0) is 51.8 Å². The third kappa shape index (κ3) is 7.59. The Bertz CT molecular complexity index is 697. The van der Waals surface area contributed by atoms with Gasteiger partial charge in [0.1, 0.15) is 0 Å². The van der Waals surface area contributed by atoms with Crippen molar-refractivity contribution in [2.75, 3.05) is 39.4 Å². The molecule has 170 valence electrons. The average Bonchev–Trinajstić information content (AvgIpc) is 3.08. The molecule has 2 atom stereocenters. The molecule has 0 aromatic heterocycles. The van der Waals surface area contributed by atoms with Crippen LogP contribution in [0.3, 0.4) is 0 Å². The van der Waals surface area contributed by atoms with Crippen molar-refractivity contribution in [2.24, 2.45) is 4.99 Å². The topological polar surface area (TPSA) is 58.1 Å². The maximum Gasteiger partial charge on any atom is 0.401 e. The number of hydrogen-bond donors (Lipinski definition) is 2.